The normalized spacial score (nSPS) is 23.2. The summed E-state index contributed by atoms with van der Waals surface area (Å²) in [7, 11) is 0. The zero-order valence-electron chi connectivity index (χ0n) is 11.9. The smallest absolute Gasteiger partial charge is 0.229 e. The summed E-state index contributed by atoms with van der Waals surface area (Å²) < 4.78 is 4.80. The second-order valence-corrected chi connectivity index (χ2v) is 7.02. The van der Waals surface area contributed by atoms with Crippen LogP contribution in [0.5, 0.6) is 5.75 Å². The Bertz CT molecular complexity index is 510. The fourth-order valence-electron chi connectivity index (χ4n) is 2.19. The van der Waals surface area contributed by atoms with E-state index in [2.05, 4.69) is 5.32 Å². The fraction of sp³-hybridized carbons (Fsp3) is 0.533. The van der Waals surface area contributed by atoms with Crippen molar-refractivity contribution in [1.29, 1.82) is 0 Å². The van der Waals surface area contributed by atoms with Gasteiger partial charge in [-0.3, -0.25) is 4.79 Å². The summed E-state index contributed by atoms with van der Waals surface area (Å²) in [5.41, 5.74) is 1.51. The molecule has 1 aromatic rings. The third-order valence-electron chi connectivity index (χ3n) is 3.80. The number of carbonyl (C=O) groups excluding carboxylic acids is 1. The lowest BCUT2D eigenvalue weighted by Gasteiger charge is -2.14. The van der Waals surface area contributed by atoms with Crippen molar-refractivity contribution in [2.75, 3.05) is 13.2 Å². The summed E-state index contributed by atoms with van der Waals surface area (Å²) in [6.45, 7) is 6.63. The molecular formula is C15H19Cl2NO2. The van der Waals surface area contributed by atoms with Crippen molar-refractivity contribution in [2.24, 2.45) is 5.41 Å². The maximum absolute atomic E-state index is 12.0. The van der Waals surface area contributed by atoms with E-state index in [1.807, 2.05) is 32.0 Å². The predicted molar refractivity (Wildman–Crippen MR) is 81.6 cm³/mol. The van der Waals surface area contributed by atoms with Gasteiger partial charge in [-0.1, -0.05) is 18.2 Å². The Morgan fingerprint density at radius 2 is 1.90 bits per heavy atom. The molecule has 5 heteroatoms. The van der Waals surface area contributed by atoms with Crippen LogP contribution in [0.25, 0.3) is 0 Å². The van der Waals surface area contributed by atoms with Gasteiger partial charge in [-0.05, 0) is 38.3 Å². The highest BCUT2D eigenvalue weighted by Crippen LogP contribution is 2.63. The molecule has 110 valence electrons. The molecule has 0 aromatic heterocycles. The van der Waals surface area contributed by atoms with Crippen LogP contribution in [0.1, 0.15) is 24.5 Å². The van der Waals surface area contributed by atoms with Crippen LogP contribution in [0.4, 0.5) is 0 Å². The summed E-state index contributed by atoms with van der Waals surface area (Å²) in [6.07, 6.45) is 0.493. The van der Waals surface area contributed by atoms with Crippen molar-refractivity contribution < 1.29 is 9.53 Å². The second kappa shape index (κ2) is 5.45. The lowest BCUT2D eigenvalue weighted by atomic mass is 10.1. The van der Waals surface area contributed by atoms with Crippen LogP contribution in [0.15, 0.2) is 18.2 Å². The van der Waals surface area contributed by atoms with E-state index in [1.165, 1.54) is 0 Å². The average Bonchev–Trinajstić information content (AvgIpc) is 2.88. The van der Waals surface area contributed by atoms with E-state index in [4.69, 9.17) is 27.9 Å². The first-order valence-electron chi connectivity index (χ1n) is 6.63. The number of amides is 1. The monoisotopic (exact) mass is 315 g/mol. The summed E-state index contributed by atoms with van der Waals surface area (Å²) >= 11 is 11.9. The molecular weight excluding hydrogens is 297 g/mol. The number of benzene rings is 1. The molecule has 0 unspecified atom stereocenters. The van der Waals surface area contributed by atoms with E-state index in [0.29, 0.717) is 19.6 Å². The third-order valence-corrected chi connectivity index (χ3v) is 4.90. The van der Waals surface area contributed by atoms with E-state index < -0.39 is 9.75 Å². The zero-order chi connectivity index (χ0) is 15.0. The summed E-state index contributed by atoms with van der Waals surface area (Å²) in [4.78, 5) is 12.0. The number of hydrogen-bond acceptors (Lipinski definition) is 2. The SMILES string of the molecule is Cc1cccc(C)c1OCCNC(=O)[C@]1(C)CC1(Cl)Cl. The molecule has 3 nitrogen and oxygen atoms in total. The van der Waals surface area contributed by atoms with Gasteiger partial charge >= 0.3 is 0 Å². The fourth-order valence-corrected chi connectivity index (χ4v) is 2.89. The molecule has 1 atom stereocenters. The topological polar surface area (TPSA) is 38.3 Å². The van der Waals surface area contributed by atoms with Gasteiger partial charge in [0.05, 0.1) is 12.0 Å². The van der Waals surface area contributed by atoms with Crippen molar-refractivity contribution in [3.05, 3.63) is 29.3 Å². The average molecular weight is 316 g/mol. The van der Waals surface area contributed by atoms with Crippen LogP contribution in [-0.2, 0) is 4.79 Å². The largest absolute Gasteiger partial charge is 0.491 e. The van der Waals surface area contributed by atoms with Gasteiger partial charge in [0.15, 0.2) is 0 Å². The predicted octanol–water partition coefficient (Wildman–Crippen LogP) is 3.38. The van der Waals surface area contributed by atoms with Crippen molar-refractivity contribution in [1.82, 2.24) is 5.32 Å². The Labute approximate surface area is 129 Å². The number of aryl methyl sites for hydroxylation is 2. The van der Waals surface area contributed by atoms with Gasteiger partial charge in [-0.2, -0.15) is 0 Å². The summed E-state index contributed by atoms with van der Waals surface area (Å²) in [6, 6.07) is 6.00. The van der Waals surface area contributed by atoms with Gasteiger partial charge in [0.1, 0.15) is 16.7 Å². The number of para-hydroxylation sites is 1. The minimum atomic E-state index is -0.926. The molecule has 1 N–H and O–H groups in total. The van der Waals surface area contributed by atoms with Crippen LogP contribution in [0.3, 0.4) is 0 Å². The quantitative estimate of drug-likeness (QED) is 0.668. The molecule has 2 rings (SSSR count). The number of nitrogens with one attached hydrogen (secondary N) is 1. The maximum atomic E-state index is 12.0. The Kier molecular flexibility index (Phi) is 4.22. The molecule has 0 aliphatic heterocycles. The number of carbonyl (C=O) groups is 1. The number of halogens is 2. The first-order valence-corrected chi connectivity index (χ1v) is 7.39. The van der Waals surface area contributed by atoms with Gasteiger partial charge in [0.2, 0.25) is 5.91 Å². The first kappa shape index (κ1) is 15.5. The molecule has 1 amide bonds. The van der Waals surface area contributed by atoms with Gasteiger partial charge in [0, 0.05) is 0 Å². The molecule has 0 spiro atoms. The molecule has 0 radical (unpaired) electrons. The number of rotatable bonds is 5. The summed E-state index contributed by atoms with van der Waals surface area (Å²) in [5, 5.41) is 2.82. The second-order valence-electron chi connectivity index (χ2n) is 5.54. The molecule has 1 aromatic carbocycles. The minimum absolute atomic E-state index is 0.118. The Balaban J connectivity index is 1.79. The molecule has 1 aliphatic rings. The molecule has 0 heterocycles. The van der Waals surface area contributed by atoms with E-state index in [0.717, 1.165) is 16.9 Å². The molecule has 0 bridgehead atoms. The van der Waals surface area contributed by atoms with Crippen molar-refractivity contribution >= 4 is 29.1 Å². The highest BCUT2D eigenvalue weighted by molar-refractivity contribution is 6.53. The highest BCUT2D eigenvalue weighted by atomic mass is 35.5. The molecule has 1 fully saturated rings. The molecule has 0 saturated heterocycles. The van der Waals surface area contributed by atoms with Crippen LogP contribution >= 0.6 is 23.2 Å². The van der Waals surface area contributed by atoms with Gasteiger partial charge < -0.3 is 10.1 Å². The molecule has 20 heavy (non-hydrogen) atoms. The number of ether oxygens (including phenoxy) is 1. The lowest BCUT2D eigenvalue weighted by molar-refractivity contribution is -0.125. The zero-order valence-corrected chi connectivity index (χ0v) is 13.4. The van der Waals surface area contributed by atoms with Crippen LogP contribution in [0.2, 0.25) is 0 Å². The Hall–Kier alpha value is -0.930. The van der Waals surface area contributed by atoms with Crippen LogP contribution in [0, 0.1) is 19.3 Å². The van der Waals surface area contributed by atoms with E-state index in [1.54, 1.807) is 6.92 Å². The standard InChI is InChI=1S/C15H19Cl2NO2/c1-10-5-4-6-11(2)12(10)20-8-7-18-13(19)14(3)9-15(14,16)17/h4-6H,7-9H2,1-3H3,(H,18,19)/t14-/m0/s1. The van der Waals surface area contributed by atoms with E-state index in [9.17, 15) is 4.79 Å². The van der Waals surface area contributed by atoms with Crippen LogP contribution < -0.4 is 10.1 Å². The molecule has 1 aliphatic carbocycles. The third kappa shape index (κ3) is 2.89. The van der Waals surface area contributed by atoms with E-state index >= 15 is 0 Å². The van der Waals surface area contributed by atoms with E-state index in [-0.39, 0.29) is 5.91 Å². The number of alkyl halides is 2. The summed E-state index contributed by atoms with van der Waals surface area (Å²) in [5.74, 6) is 0.760. The maximum Gasteiger partial charge on any atom is 0.229 e. The van der Waals surface area contributed by atoms with Crippen molar-refractivity contribution in [3.63, 3.8) is 0 Å². The Morgan fingerprint density at radius 1 is 1.35 bits per heavy atom. The lowest BCUT2D eigenvalue weighted by Crippen LogP contribution is -2.35. The highest BCUT2D eigenvalue weighted by Gasteiger charge is 2.67. The number of hydrogen-bond donors (Lipinski definition) is 1. The van der Waals surface area contributed by atoms with Gasteiger partial charge in [0.25, 0.3) is 0 Å². The van der Waals surface area contributed by atoms with Gasteiger partial charge in [-0.25, -0.2) is 0 Å². The van der Waals surface area contributed by atoms with Crippen molar-refractivity contribution in [2.45, 2.75) is 31.5 Å². The Morgan fingerprint density at radius 3 is 2.40 bits per heavy atom. The van der Waals surface area contributed by atoms with Gasteiger partial charge in [-0.15, -0.1) is 23.2 Å². The minimum Gasteiger partial charge on any atom is -0.491 e. The first-order chi connectivity index (χ1) is 9.28. The van der Waals surface area contributed by atoms with Crippen molar-refractivity contribution in [3.8, 4) is 5.75 Å². The van der Waals surface area contributed by atoms with Crippen LogP contribution in [-0.4, -0.2) is 23.4 Å². The molecule has 1 saturated carbocycles.